The Labute approximate surface area is 279 Å². The predicted octanol–water partition coefficient (Wildman–Crippen LogP) is 5.19. The summed E-state index contributed by atoms with van der Waals surface area (Å²) in [5.41, 5.74) is 3.23. The lowest BCUT2D eigenvalue weighted by atomic mass is 9.74. The fraction of sp³-hybridized carbons (Fsp3) is 0.564. The summed E-state index contributed by atoms with van der Waals surface area (Å²) in [6, 6.07) is 15.9. The van der Waals surface area contributed by atoms with Gasteiger partial charge in [-0.2, -0.15) is 0 Å². The van der Waals surface area contributed by atoms with Crippen molar-refractivity contribution in [2.75, 3.05) is 31.5 Å². The molecule has 0 radical (unpaired) electrons. The molecule has 2 aromatic rings. The quantitative estimate of drug-likeness (QED) is 0.350. The topological polar surface area (TPSA) is 91.0 Å². The summed E-state index contributed by atoms with van der Waals surface area (Å²) >= 11 is 0. The van der Waals surface area contributed by atoms with Crippen molar-refractivity contribution in [1.29, 1.82) is 0 Å². The average Bonchev–Trinajstić information content (AvgIpc) is 3.72. The van der Waals surface area contributed by atoms with E-state index in [9.17, 15) is 14.4 Å². The highest BCUT2D eigenvalue weighted by molar-refractivity contribution is 6.02. The summed E-state index contributed by atoms with van der Waals surface area (Å²) in [7, 11) is 0. The fourth-order valence-corrected chi connectivity index (χ4v) is 8.91. The van der Waals surface area contributed by atoms with Gasteiger partial charge in [0.2, 0.25) is 17.7 Å². The molecule has 1 spiro atoms. The van der Waals surface area contributed by atoms with Crippen molar-refractivity contribution in [2.45, 2.75) is 95.4 Å². The Bertz CT molecular complexity index is 1500. The minimum absolute atomic E-state index is 0.118. The highest BCUT2D eigenvalue weighted by Gasteiger charge is 2.72. The third-order valence-corrected chi connectivity index (χ3v) is 11.6. The number of anilines is 1. The smallest absolute Gasteiger partial charge is 0.246 e. The van der Waals surface area contributed by atoms with Crippen LogP contribution >= 0.6 is 0 Å². The van der Waals surface area contributed by atoms with Gasteiger partial charge in [0.15, 0.2) is 0 Å². The molecule has 1 saturated carbocycles. The third kappa shape index (κ3) is 6.39. The van der Waals surface area contributed by atoms with E-state index in [1.54, 1.807) is 4.90 Å². The summed E-state index contributed by atoms with van der Waals surface area (Å²) in [5, 5.41) is 6.37. The number of hydrogen-bond donors (Lipinski definition) is 2. The zero-order valence-corrected chi connectivity index (χ0v) is 28.0. The Morgan fingerprint density at radius 1 is 0.915 bits per heavy atom. The molecule has 250 valence electrons. The molecule has 4 aliphatic heterocycles. The monoisotopic (exact) mass is 638 g/mol. The second-order valence-corrected chi connectivity index (χ2v) is 14.7. The zero-order valence-electron chi connectivity index (χ0n) is 28.0. The number of ether oxygens (including phenoxy) is 1. The molecular formula is C39H50N4O4. The van der Waals surface area contributed by atoms with Crippen molar-refractivity contribution in [3.05, 3.63) is 77.4 Å². The number of aryl methyl sites for hydroxylation is 2. The third-order valence-electron chi connectivity index (χ3n) is 11.6. The van der Waals surface area contributed by atoms with Crippen LogP contribution in [-0.2, 0) is 25.5 Å². The first-order chi connectivity index (χ1) is 22.8. The van der Waals surface area contributed by atoms with Crippen LogP contribution in [0.2, 0.25) is 0 Å². The maximum atomic E-state index is 14.4. The minimum atomic E-state index is -1.12. The van der Waals surface area contributed by atoms with Gasteiger partial charge < -0.3 is 25.2 Å². The van der Waals surface area contributed by atoms with Gasteiger partial charge in [-0.25, -0.2) is 0 Å². The fourth-order valence-electron chi connectivity index (χ4n) is 8.91. The first-order valence-electron chi connectivity index (χ1n) is 17.9. The molecule has 8 nitrogen and oxygen atoms in total. The number of carbonyl (C=O) groups excluding carboxylic acids is 3. The van der Waals surface area contributed by atoms with E-state index in [0.717, 1.165) is 69.3 Å². The molecule has 47 heavy (non-hydrogen) atoms. The van der Waals surface area contributed by atoms with Crippen LogP contribution in [0, 0.1) is 31.6 Å². The molecular weight excluding hydrogens is 588 g/mol. The number of fused-ring (bicyclic) bond motifs is 1. The molecule has 3 saturated heterocycles. The van der Waals surface area contributed by atoms with E-state index in [0.29, 0.717) is 18.2 Å². The number of benzene rings is 2. The molecule has 1 aliphatic carbocycles. The molecule has 2 bridgehead atoms. The van der Waals surface area contributed by atoms with Crippen LogP contribution in [-0.4, -0.2) is 77.5 Å². The number of piperidine rings is 1. The Morgan fingerprint density at radius 2 is 1.68 bits per heavy atom. The normalized spacial score (nSPS) is 29.3. The first-order valence-corrected chi connectivity index (χ1v) is 17.9. The highest BCUT2D eigenvalue weighted by Crippen LogP contribution is 2.55. The largest absolute Gasteiger partial charge is 0.359 e. The van der Waals surface area contributed by atoms with Crippen LogP contribution < -0.4 is 10.6 Å². The van der Waals surface area contributed by atoms with E-state index in [2.05, 4.69) is 45.9 Å². The summed E-state index contributed by atoms with van der Waals surface area (Å²) in [5.74, 6) is -1.22. The average molecular weight is 639 g/mol. The van der Waals surface area contributed by atoms with Gasteiger partial charge in [0.25, 0.3) is 0 Å². The van der Waals surface area contributed by atoms with Crippen LogP contribution in [0.4, 0.5) is 5.69 Å². The van der Waals surface area contributed by atoms with Gasteiger partial charge in [0, 0.05) is 18.3 Å². The lowest BCUT2D eigenvalue weighted by Crippen LogP contribution is -2.56. The van der Waals surface area contributed by atoms with E-state index in [1.807, 2.05) is 44.2 Å². The van der Waals surface area contributed by atoms with Crippen molar-refractivity contribution in [3.63, 3.8) is 0 Å². The SMILES string of the molecule is Cc1ccc(NC(=O)[C@H]2[C@H]3C=C[C@@]4(O3)[C@H]2C(=O)N(CCCN2CCC(Cc3ccccc3)CC2)[C@@H]4C(=O)NC2CCCCC2)cc1C. The van der Waals surface area contributed by atoms with Crippen LogP contribution in [0.15, 0.2) is 60.7 Å². The minimum Gasteiger partial charge on any atom is -0.359 e. The molecule has 0 aromatic heterocycles. The van der Waals surface area contributed by atoms with Gasteiger partial charge in [-0.3, -0.25) is 14.4 Å². The molecule has 8 heteroatoms. The number of amides is 3. The van der Waals surface area contributed by atoms with Crippen molar-refractivity contribution in [3.8, 4) is 0 Å². The van der Waals surface area contributed by atoms with Crippen molar-refractivity contribution in [1.82, 2.24) is 15.1 Å². The van der Waals surface area contributed by atoms with Gasteiger partial charge >= 0.3 is 0 Å². The van der Waals surface area contributed by atoms with E-state index >= 15 is 0 Å². The van der Waals surface area contributed by atoms with Crippen molar-refractivity contribution < 1.29 is 19.1 Å². The summed E-state index contributed by atoms with van der Waals surface area (Å²) in [6.45, 7) is 7.52. The second kappa shape index (κ2) is 13.6. The zero-order chi connectivity index (χ0) is 32.5. The molecule has 4 heterocycles. The second-order valence-electron chi connectivity index (χ2n) is 14.7. The maximum absolute atomic E-state index is 14.4. The molecule has 2 N–H and O–H groups in total. The summed E-state index contributed by atoms with van der Waals surface area (Å²) in [6.07, 6.45) is 12.9. The van der Waals surface area contributed by atoms with Crippen LogP contribution in [0.25, 0.3) is 0 Å². The molecule has 5 aliphatic rings. The van der Waals surface area contributed by atoms with E-state index in [4.69, 9.17) is 4.74 Å². The number of hydrogen-bond acceptors (Lipinski definition) is 5. The lowest BCUT2D eigenvalue weighted by Gasteiger charge is -2.35. The van der Waals surface area contributed by atoms with Gasteiger partial charge in [-0.1, -0.05) is 67.8 Å². The number of carbonyl (C=O) groups is 3. The van der Waals surface area contributed by atoms with Crippen molar-refractivity contribution in [2.24, 2.45) is 17.8 Å². The van der Waals surface area contributed by atoms with E-state index in [1.165, 1.54) is 24.8 Å². The molecule has 2 aromatic carbocycles. The standard InChI is InChI=1S/C39H50N4O4/c1-26-14-15-31(24-27(26)2)41-36(44)33-32-16-19-39(47-32)34(33)38(46)43(35(39)37(45)40-30-12-7-4-8-13-30)21-9-20-42-22-17-29(18-23-42)25-28-10-5-3-6-11-28/h3,5-6,10-11,14-16,19,24,29-30,32-35H,4,7-9,12-13,17-18,20-23,25H2,1-2H3,(H,40,45)(H,41,44)/t32-,33+,34-,35-,39-/m1/s1. The molecule has 7 rings (SSSR count). The maximum Gasteiger partial charge on any atom is 0.246 e. The molecule has 3 amide bonds. The number of likely N-dealkylation sites (tertiary alicyclic amines) is 2. The first kappa shape index (κ1) is 32.1. The highest BCUT2D eigenvalue weighted by atomic mass is 16.5. The Balaban J connectivity index is 1.04. The van der Waals surface area contributed by atoms with Gasteiger partial charge in [-0.05, 0) is 107 Å². The summed E-state index contributed by atoms with van der Waals surface area (Å²) < 4.78 is 6.57. The Morgan fingerprint density at radius 3 is 2.43 bits per heavy atom. The Kier molecular flexibility index (Phi) is 9.25. The summed E-state index contributed by atoms with van der Waals surface area (Å²) in [4.78, 5) is 46.6. The van der Waals surface area contributed by atoms with Crippen LogP contribution in [0.5, 0.6) is 0 Å². The molecule has 0 unspecified atom stereocenters. The predicted molar refractivity (Wildman–Crippen MR) is 183 cm³/mol. The molecule has 5 atom stereocenters. The van der Waals surface area contributed by atoms with Gasteiger partial charge in [0.05, 0.1) is 17.9 Å². The van der Waals surface area contributed by atoms with E-state index in [-0.39, 0.29) is 23.8 Å². The van der Waals surface area contributed by atoms with Crippen molar-refractivity contribution >= 4 is 23.4 Å². The van der Waals surface area contributed by atoms with Crippen LogP contribution in [0.3, 0.4) is 0 Å². The van der Waals surface area contributed by atoms with Gasteiger partial charge in [-0.15, -0.1) is 0 Å². The molecule has 4 fully saturated rings. The lowest BCUT2D eigenvalue weighted by molar-refractivity contribution is -0.141. The number of nitrogens with zero attached hydrogens (tertiary/aromatic N) is 2. The van der Waals surface area contributed by atoms with E-state index < -0.39 is 29.6 Å². The van der Waals surface area contributed by atoms with Gasteiger partial charge in [0.1, 0.15) is 11.6 Å². The number of nitrogens with one attached hydrogen (secondary N) is 2. The number of rotatable bonds is 10. The van der Waals surface area contributed by atoms with Crippen LogP contribution in [0.1, 0.15) is 68.1 Å². The Hall–Kier alpha value is -3.49.